The zero-order chi connectivity index (χ0) is 25.1. The third-order valence-electron chi connectivity index (χ3n) is 6.25. The van der Waals surface area contributed by atoms with Crippen LogP contribution in [0.1, 0.15) is 28.3 Å². The Morgan fingerprint density at radius 3 is 2.29 bits per heavy atom. The molecule has 182 valence electrons. The summed E-state index contributed by atoms with van der Waals surface area (Å²) in [5.41, 5.74) is 2.66. The molecule has 0 spiro atoms. The summed E-state index contributed by atoms with van der Waals surface area (Å²) in [4.78, 5) is 26.8. The number of phenolic OH excluding ortho intramolecular Hbond substituents is 4. The van der Waals surface area contributed by atoms with Crippen LogP contribution in [0.3, 0.4) is 0 Å². The van der Waals surface area contributed by atoms with Gasteiger partial charge >= 0.3 is 0 Å². The van der Waals surface area contributed by atoms with Gasteiger partial charge in [-0.05, 0) is 65.1 Å². The van der Waals surface area contributed by atoms with Crippen LogP contribution >= 0.6 is 0 Å². The molecule has 2 amide bonds. The van der Waals surface area contributed by atoms with Crippen LogP contribution in [0.15, 0.2) is 54.6 Å². The van der Waals surface area contributed by atoms with Crippen LogP contribution < -0.4 is 10.1 Å². The quantitative estimate of drug-likeness (QED) is 0.260. The molecular weight excluding hydrogens is 452 g/mol. The highest BCUT2D eigenvalue weighted by Crippen LogP contribution is 2.40. The molecule has 0 unspecified atom stereocenters. The minimum atomic E-state index is -0.863. The van der Waals surface area contributed by atoms with Crippen molar-refractivity contribution in [2.45, 2.75) is 31.5 Å². The number of aromatic hydroxyl groups is 4. The van der Waals surface area contributed by atoms with Gasteiger partial charge in [0.05, 0.1) is 13.2 Å². The van der Waals surface area contributed by atoms with E-state index in [2.05, 4.69) is 5.32 Å². The maximum atomic E-state index is 13.2. The van der Waals surface area contributed by atoms with Crippen molar-refractivity contribution in [1.82, 2.24) is 10.2 Å². The molecule has 0 saturated carbocycles. The molecule has 2 atom stereocenters. The van der Waals surface area contributed by atoms with Crippen LogP contribution in [0.5, 0.6) is 28.7 Å². The van der Waals surface area contributed by atoms with Crippen molar-refractivity contribution in [2.75, 3.05) is 7.11 Å². The van der Waals surface area contributed by atoms with Crippen molar-refractivity contribution < 1.29 is 34.8 Å². The zero-order valence-electron chi connectivity index (χ0n) is 19.0. The number of carbonyl (C=O) groups is 2. The summed E-state index contributed by atoms with van der Waals surface area (Å²) in [5.74, 6) is -0.911. The summed E-state index contributed by atoms with van der Waals surface area (Å²) in [6.45, 7) is 0.246. The number of phenols is 4. The SMILES string of the molecule is COc1ccc(CNC(=O)[C@@H]2Cc3cc(O)c(O)cc3[C@H](Cc3ccc(O)c(O)c3)N2C=O)cc1. The van der Waals surface area contributed by atoms with E-state index in [1.165, 1.54) is 29.2 Å². The van der Waals surface area contributed by atoms with E-state index in [9.17, 15) is 30.0 Å². The monoisotopic (exact) mass is 478 g/mol. The number of amides is 2. The van der Waals surface area contributed by atoms with Crippen LogP contribution in [0.25, 0.3) is 0 Å². The van der Waals surface area contributed by atoms with E-state index in [1.807, 2.05) is 12.1 Å². The number of benzene rings is 3. The lowest BCUT2D eigenvalue weighted by Gasteiger charge is -2.40. The fraction of sp³-hybridized carbons (Fsp3) is 0.231. The molecule has 3 aromatic rings. The molecule has 0 radical (unpaired) electrons. The molecule has 9 heteroatoms. The van der Waals surface area contributed by atoms with E-state index in [0.717, 1.165) is 5.56 Å². The van der Waals surface area contributed by atoms with E-state index in [0.29, 0.717) is 28.8 Å². The van der Waals surface area contributed by atoms with Gasteiger partial charge in [0, 0.05) is 13.0 Å². The van der Waals surface area contributed by atoms with Gasteiger partial charge in [-0.15, -0.1) is 0 Å². The Morgan fingerprint density at radius 2 is 1.63 bits per heavy atom. The summed E-state index contributed by atoms with van der Waals surface area (Å²) in [6.07, 6.45) is 0.940. The second kappa shape index (κ2) is 9.84. The highest BCUT2D eigenvalue weighted by Gasteiger charge is 2.38. The topological polar surface area (TPSA) is 140 Å². The highest BCUT2D eigenvalue weighted by atomic mass is 16.5. The molecular formula is C26H26N2O7. The van der Waals surface area contributed by atoms with Gasteiger partial charge in [0.15, 0.2) is 23.0 Å². The molecule has 1 heterocycles. The lowest BCUT2D eigenvalue weighted by molar-refractivity contribution is -0.136. The number of methoxy groups -OCH3 is 1. The molecule has 1 aliphatic rings. The number of hydrogen-bond acceptors (Lipinski definition) is 7. The Bertz CT molecular complexity index is 1240. The molecule has 5 N–H and O–H groups in total. The van der Waals surface area contributed by atoms with Gasteiger partial charge in [0.25, 0.3) is 0 Å². The highest BCUT2D eigenvalue weighted by molar-refractivity contribution is 5.85. The average molecular weight is 479 g/mol. The molecule has 0 aromatic heterocycles. The second-order valence-electron chi connectivity index (χ2n) is 8.42. The third-order valence-corrected chi connectivity index (χ3v) is 6.25. The molecule has 0 aliphatic carbocycles. The summed E-state index contributed by atoms with van der Waals surface area (Å²) >= 11 is 0. The predicted molar refractivity (Wildman–Crippen MR) is 126 cm³/mol. The molecule has 9 nitrogen and oxygen atoms in total. The van der Waals surface area contributed by atoms with Crippen LogP contribution in [0.2, 0.25) is 0 Å². The molecule has 1 aliphatic heterocycles. The van der Waals surface area contributed by atoms with Gasteiger partial charge in [0.2, 0.25) is 12.3 Å². The summed E-state index contributed by atoms with van der Waals surface area (Å²) in [6, 6.07) is 12.8. The van der Waals surface area contributed by atoms with E-state index in [1.54, 1.807) is 25.3 Å². The predicted octanol–water partition coefficient (Wildman–Crippen LogP) is 2.50. The van der Waals surface area contributed by atoms with Crippen molar-refractivity contribution >= 4 is 12.3 Å². The summed E-state index contributed by atoms with van der Waals surface area (Å²) < 4.78 is 5.14. The van der Waals surface area contributed by atoms with Gasteiger partial charge in [-0.3, -0.25) is 9.59 Å². The van der Waals surface area contributed by atoms with Crippen LogP contribution in [0.4, 0.5) is 0 Å². The van der Waals surface area contributed by atoms with E-state index >= 15 is 0 Å². The third kappa shape index (κ3) is 4.93. The second-order valence-corrected chi connectivity index (χ2v) is 8.42. The molecule has 0 saturated heterocycles. The van der Waals surface area contributed by atoms with Gasteiger partial charge in [-0.25, -0.2) is 0 Å². The Balaban J connectivity index is 1.63. The number of fused-ring (bicyclic) bond motifs is 1. The lowest BCUT2D eigenvalue weighted by Crippen LogP contribution is -2.52. The van der Waals surface area contributed by atoms with Crippen LogP contribution in [0, 0.1) is 0 Å². The van der Waals surface area contributed by atoms with Crippen molar-refractivity contribution in [1.29, 1.82) is 0 Å². The normalized spacial score (nSPS) is 16.9. The van der Waals surface area contributed by atoms with Crippen LogP contribution in [-0.4, -0.2) is 50.8 Å². The fourth-order valence-electron chi connectivity index (χ4n) is 4.37. The first kappa shape index (κ1) is 23.7. The minimum absolute atomic E-state index is 0.147. The van der Waals surface area contributed by atoms with E-state index < -0.39 is 12.1 Å². The van der Waals surface area contributed by atoms with Gasteiger partial charge in [-0.2, -0.15) is 0 Å². The number of hydrogen-bond donors (Lipinski definition) is 5. The van der Waals surface area contributed by atoms with Crippen molar-refractivity contribution in [3.8, 4) is 28.7 Å². The molecule has 3 aromatic carbocycles. The first-order valence-electron chi connectivity index (χ1n) is 11.0. The minimum Gasteiger partial charge on any atom is -0.504 e. The average Bonchev–Trinajstić information content (AvgIpc) is 2.86. The van der Waals surface area contributed by atoms with Crippen LogP contribution in [-0.2, 0) is 29.0 Å². The van der Waals surface area contributed by atoms with Gasteiger partial charge in [0.1, 0.15) is 11.8 Å². The maximum absolute atomic E-state index is 13.2. The molecule has 4 rings (SSSR count). The summed E-state index contributed by atoms with van der Waals surface area (Å²) in [5, 5.41) is 42.6. The Labute approximate surface area is 201 Å². The maximum Gasteiger partial charge on any atom is 0.243 e. The molecule has 35 heavy (non-hydrogen) atoms. The lowest BCUT2D eigenvalue weighted by atomic mass is 9.84. The Kier molecular flexibility index (Phi) is 6.68. The molecule has 0 bridgehead atoms. The number of nitrogens with zero attached hydrogens (tertiary/aromatic N) is 1. The summed E-state index contributed by atoms with van der Waals surface area (Å²) in [7, 11) is 1.57. The smallest absolute Gasteiger partial charge is 0.243 e. The number of nitrogens with one attached hydrogen (secondary N) is 1. The van der Waals surface area contributed by atoms with E-state index in [4.69, 9.17) is 4.74 Å². The number of rotatable bonds is 7. The fourth-order valence-corrected chi connectivity index (χ4v) is 4.37. The van der Waals surface area contributed by atoms with Gasteiger partial charge < -0.3 is 35.4 Å². The number of carbonyl (C=O) groups excluding carboxylic acids is 2. The number of ether oxygens (including phenoxy) is 1. The van der Waals surface area contributed by atoms with Crippen molar-refractivity contribution in [3.05, 3.63) is 76.9 Å². The first-order chi connectivity index (χ1) is 16.8. The molecule has 0 fully saturated rings. The van der Waals surface area contributed by atoms with Gasteiger partial charge in [-0.1, -0.05) is 18.2 Å². The van der Waals surface area contributed by atoms with Crippen molar-refractivity contribution in [2.24, 2.45) is 0 Å². The Hall–Kier alpha value is -4.40. The Morgan fingerprint density at radius 1 is 0.971 bits per heavy atom. The standard InChI is InChI=1S/C26H26N2O7/c1-35-18-5-2-15(3-6-18)13-27-26(34)21-10-17-11-24(32)25(33)12-19(17)20(28(21)14-29)8-16-4-7-22(30)23(31)9-16/h2-7,9,11-12,14,20-21,30-33H,8,10,13H2,1H3,(H,27,34)/t20-,21-/m0/s1. The van der Waals surface area contributed by atoms with E-state index in [-0.39, 0.29) is 48.3 Å². The van der Waals surface area contributed by atoms with Crippen molar-refractivity contribution in [3.63, 3.8) is 0 Å². The zero-order valence-corrected chi connectivity index (χ0v) is 19.0. The first-order valence-corrected chi connectivity index (χ1v) is 11.0. The largest absolute Gasteiger partial charge is 0.504 e.